The van der Waals surface area contributed by atoms with Gasteiger partial charge in [0.25, 0.3) is 0 Å². The molecule has 3 aromatic rings. The summed E-state index contributed by atoms with van der Waals surface area (Å²) in [5.74, 6) is 0.167. The SMILES string of the molecule is CN(Cc1cnn(-c2ccccc2)n1)C(=O)[C@H]1CNC[C@@H]1c1cnn(C)c1.Cl. The first-order valence-electron chi connectivity index (χ1n) is 9.02. The molecule has 1 aromatic carbocycles. The first kappa shape index (κ1) is 20.0. The molecule has 148 valence electrons. The molecule has 1 aliphatic rings. The van der Waals surface area contributed by atoms with Crippen molar-refractivity contribution in [2.24, 2.45) is 13.0 Å². The highest BCUT2D eigenvalue weighted by Gasteiger charge is 2.36. The van der Waals surface area contributed by atoms with E-state index in [9.17, 15) is 4.79 Å². The van der Waals surface area contributed by atoms with Crippen LogP contribution < -0.4 is 5.32 Å². The van der Waals surface area contributed by atoms with Crippen LogP contribution in [0.3, 0.4) is 0 Å². The number of hydrogen-bond donors (Lipinski definition) is 1. The molecule has 0 radical (unpaired) electrons. The molecule has 0 spiro atoms. The van der Waals surface area contributed by atoms with Gasteiger partial charge in [-0.2, -0.15) is 20.1 Å². The monoisotopic (exact) mass is 401 g/mol. The number of amides is 1. The van der Waals surface area contributed by atoms with Crippen molar-refractivity contribution in [3.8, 4) is 5.69 Å². The van der Waals surface area contributed by atoms with Gasteiger partial charge >= 0.3 is 0 Å². The Hall–Kier alpha value is -2.71. The van der Waals surface area contributed by atoms with Crippen LogP contribution in [-0.4, -0.2) is 55.7 Å². The summed E-state index contributed by atoms with van der Waals surface area (Å²) in [6, 6.07) is 9.73. The highest BCUT2D eigenvalue weighted by molar-refractivity contribution is 5.85. The zero-order chi connectivity index (χ0) is 18.8. The zero-order valence-electron chi connectivity index (χ0n) is 15.9. The number of para-hydroxylation sites is 1. The number of nitrogens with zero attached hydrogens (tertiary/aromatic N) is 6. The Balaban J connectivity index is 0.00000225. The molecule has 0 bridgehead atoms. The number of benzene rings is 1. The van der Waals surface area contributed by atoms with Gasteiger partial charge in [-0.05, 0) is 17.7 Å². The second kappa shape index (κ2) is 8.53. The summed E-state index contributed by atoms with van der Waals surface area (Å²) >= 11 is 0. The average Bonchev–Trinajstić information content (AvgIpc) is 3.42. The van der Waals surface area contributed by atoms with Crippen molar-refractivity contribution in [1.29, 1.82) is 0 Å². The van der Waals surface area contributed by atoms with E-state index in [2.05, 4.69) is 20.6 Å². The van der Waals surface area contributed by atoms with Gasteiger partial charge < -0.3 is 10.2 Å². The van der Waals surface area contributed by atoms with E-state index in [1.54, 1.807) is 20.6 Å². The third-order valence-corrected chi connectivity index (χ3v) is 4.99. The number of aryl methyl sites for hydroxylation is 1. The molecule has 1 aliphatic heterocycles. The Morgan fingerprint density at radius 3 is 2.71 bits per heavy atom. The van der Waals surface area contributed by atoms with Gasteiger partial charge in [-0.3, -0.25) is 9.48 Å². The molecule has 28 heavy (non-hydrogen) atoms. The summed E-state index contributed by atoms with van der Waals surface area (Å²) in [6.07, 6.45) is 5.55. The molecule has 1 saturated heterocycles. The summed E-state index contributed by atoms with van der Waals surface area (Å²) < 4.78 is 1.78. The minimum atomic E-state index is -0.0941. The molecule has 9 heteroatoms. The summed E-state index contributed by atoms with van der Waals surface area (Å²) in [6.45, 7) is 1.90. The van der Waals surface area contributed by atoms with E-state index in [-0.39, 0.29) is 30.2 Å². The highest BCUT2D eigenvalue weighted by atomic mass is 35.5. The Bertz CT molecular complexity index is 923. The van der Waals surface area contributed by atoms with Crippen molar-refractivity contribution >= 4 is 18.3 Å². The second-order valence-corrected chi connectivity index (χ2v) is 6.97. The molecule has 0 aliphatic carbocycles. The van der Waals surface area contributed by atoms with E-state index < -0.39 is 0 Å². The number of aromatic nitrogens is 5. The van der Waals surface area contributed by atoms with E-state index in [1.807, 2.05) is 56.8 Å². The second-order valence-electron chi connectivity index (χ2n) is 6.97. The molecule has 1 amide bonds. The summed E-state index contributed by atoms with van der Waals surface area (Å²) in [4.78, 5) is 16.3. The van der Waals surface area contributed by atoms with Crippen molar-refractivity contribution in [2.45, 2.75) is 12.5 Å². The largest absolute Gasteiger partial charge is 0.339 e. The van der Waals surface area contributed by atoms with Gasteiger partial charge in [0.05, 0.1) is 30.5 Å². The van der Waals surface area contributed by atoms with Crippen molar-refractivity contribution in [2.75, 3.05) is 20.1 Å². The van der Waals surface area contributed by atoms with Crippen molar-refractivity contribution < 1.29 is 4.79 Å². The number of rotatable bonds is 5. The van der Waals surface area contributed by atoms with Crippen LogP contribution in [0, 0.1) is 5.92 Å². The lowest BCUT2D eigenvalue weighted by Gasteiger charge is -2.23. The Morgan fingerprint density at radius 1 is 1.21 bits per heavy atom. The van der Waals surface area contributed by atoms with Crippen molar-refractivity contribution in [3.05, 3.63) is 60.2 Å². The first-order valence-corrected chi connectivity index (χ1v) is 9.02. The van der Waals surface area contributed by atoms with Gasteiger partial charge in [0.15, 0.2) is 0 Å². The normalized spacial score (nSPS) is 18.6. The standard InChI is InChI=1S/C19H23N7O.ClH/c1-24(13-15-9-22-26(23-15)16-6-4-3-5-7-16)19(27)18-11-20-10-17(18)14-8-21-25(2)12-14;/h3-9,12,17-18,20H,10-11,13H2,1-2H3;1H/t17-,18+;/m1./s1. The predicted octanol–water partition coefficient (Wildman–Crippen LogP) is 1.38. The molecular formula is C19H24ClN7O. The van der Waals surface area contributed by atoms with Crippen LogP contribution in [0.1, 0.15) is 17.2 Å². The fraction of sp³-hybridized carbons (Fsp3) is 0.368. The van der Waals surface area contributed by atoms with Gasteiger partial charge in [-0.25, -0.2) is 0 Å². The van der Waals surface area contributed by atoms with Crippen molar-refractivity contribution in [1.82, 2.24) is 35.0 Å². The Kier molecular flexibility index (Phi) is 6.11. The van der Waals surface area contributed by atoms with E-state index in [0.29, 0.717) is 13.1 Å². The zero-order valence-corrected chi connectivity index (χ0v) is 16.7. The number of carbonyl (C=O) groups excluding carboxylic acids is 1. The maximum atomic E-state index is 13.0. The van der Waals surface area contributed by atoms with Crippen LogP contribution in [0.2, 0.25) is 0 Å². The average molecular weight is 402 g/mol. The lowest BCUT2D eigenvalue weighted by molar-refractivity contribution is -0.134. The molecule has 8 nitrogen and oxygen atoms in total. The Morgan fingerprint density at radius 2 is 2.00 bits per heavy atom. The quantitative estimate of drug-likeness (QED) is 0.698. The van der Waals surface area contributed by atoms with E-state index >= 15 is 0 Å². The number of carbonyl (C=O) groups is 1. The highest BCUT2D eigenvalue weighted by Crippen LogP contribution is 2.29. The van der Waals surface area contributed by atoms with Crippen LogP contribution in [-0.2, 0) is 18.4 Å². The van der Waals surface area contributed by atoms with Crippen LogP contribution in [0.25, 0.3) is 5.69 Å². The van der Waals surface area contributed by atoms with E-state index in [1.165, 1.54) is 0 Å². The fourth-order valence-electron chi connectivity index (χ4n) is 3.58. The number of halogens is 1. The number of hydrogen-bond acceptors (Lipinski definition) is 5. The maximum Gasteiger partial charge on any atom is 0.227 e. The molecule has 0 saturated carbocycles. The van der Waals surface area contributed by atoms with Gasteiger partial charge in [-0.1, -0.05) is 18.2 Å². The summed E-state index contributed by atoms with van der Waals surface area (Å²) in [5.41, 5.74) is 2.76. The lowest BCUT2D eigenvalue weighted by atomic mass is 9.90. The van der Waals surface area contributed by atoms with Crippen LogP contribution in [0.15, 0.2) is 48.9 Å². The fourth-order valence-corrected chi connectivity index (χ4v) is 3.58. The minimum absolute atomic E-state index is 0. The molecule has 2 aromatic heterocycles. The maximum absolute atomic E-state index is 13.0. The van der Waals surface area contributed by atoms with Gasteiger partial charge in [0.2, 0.25) is 5.91 Å². The van der Waals surface area contributed by atoms with Gasteiger partial charge in [-0.15, -0.1) is 12.4 Å². The molecule has 2 atom stereocenters. The minimum Gasteiger partial charge on any atom is -0.339 e. The van der Waals surface area contributed by atoms with Crippen LogP contribution in [0.4, 0.5) is 0 Å². The van der Waals surface area contributed by atoms with Gasteiger partial charge in [0, 0.05) is 39.3 Å². The molecular weight excluding hydrogens is 378 g/mol. The molecule has 1 N–H and O–H groups in total. The number of nitrogens with one attached hydrogen (secondary N) is 1. The molecule has 4 rings (SSSR count). The molecule has 0 unspecified atom stereocenters. The summed E-state index contributed by atoms with van der Waals surface area (Å²) in [7, 11) is 3.72. The topological polar surface area (TPSA) is 80.9 Å². The van der Waals surface area contributed by atoms with E-state index in [4.69, 9.17) is 0 Å². The van der Waals surface area contributed by atoms with Gasteiger partial charge in [0.1, 0.15) is 5.69 Å². The Labute approximate surface area is 169 Å². The van der Waals surface area contributed by atoms with Crippen molar-refractivity contribution in [3.63, 3.8) is 0 Å². The molecule has 1 fully saturated rings. The third kappa shape index (κ3) is 4.07. The summed E-state index contributed by atoms with van der Waals surface area (Å²) in [5, 5.41) is 16.4. The molecule has 3 heterocycles. The third-order valence-electron chi connectivity index (χ3n) is 4.99. The van der Waals surface area contributed by atoms with E-state index in [0.717, 1.165) is 23.5 Å². The first-order chi connectivity index (χ1) is 13.1. The van der Waals surface area contributed by atoms with Crippen LogP contribution in [0.5, 0.6) is 0 Å². The lowest BCUT2D eigenvalue weighted by Crippen LogP contribution is -2.35. The smallest absolute Gasteiger partial charge is 0.227 e. The van der Waals surface area contributed by atoms with Crippen LogP contribution >= 0.6 is 12.4 Å². The predicted molar refractivity (Wildman–Crippen MR) is 107 cm³/mol.